The van der Waals surface area contributed by atoms with Gasteiger partial charge in [-0.15, -0.1) is 0 Å². The van der Waals surface area contributed by atoms with Crippen molar-refractivity contribution in [1.29, 1.82) is 5.26 Å². The van der Waals surface area contributed by atoms with Crippen LogP contribution in [-0.2, 0) is 0 Å². The number of para-hydroxylation sites is 1. The Hall–Kier alpha value is -1.53. The van der Waals surface area contributed by atoms with Crippen LogP contribution in [0, 0.1) is 18.3 Å². The molecule has 0 aliphatic carbocycles. The summed E-state index contributed by atoms with van der Waals surface area (Å²) in [5.74, 6) is 0. The van der Waals surface area contributed by atoms with E-state index in [2.05, 4.69) is 28.9 Å². The number of hydrogen-bond acceptors (Lipinski definition) is 3. The number of hydrogen-bond donors (Lipinski definition) is 0. The minimum absolute atomic E-state index is 0.689. The molecule has 0 amide bonds. The number of nitrogens with zero attached hydrogens (tertiary/aromatic N) is 3. The van der Waals surface area contributed by atoms with Gasteiger partial charge in [-0.1, -0.05) is 18.6 Å². The molecule has 1 aromatic rings. The minimum atomic E-state index is 0.689. The SMILES string of the molecule is Cc1cccc(C#N)c1N1CCN2CCCCC2C1. The van der Waals surface area contributed by atoms with E-state index in [4.69, 9.17) is 0 Å². The van der Waals surface area contributed by atoms with E-state index in [0.717, 1.165) is 30.9 Å². The number of rotatable bonds is 1. The van der Waals surface area contributed by atoms with Crippen LogP contribution in [0.1, 0.15) is 30.4 Å². The zero-order chi connectivity index (χ0) is 13.2. The van der Waals surface area contributed by atoms with E-state index in [-0.39, 0.29) is 0 Å². The van der Waals surface area contributed by atoms with Crippen molar-refractivity contribution in [3.05, 3.63) is 29.3 Å². The lowest BCUT2D eigenvalue weighted by molar-refractivity contribution is 0.133. The number of anilines is 1. The monoisotopic (exact) mass is 255 g/mol. The number of fused-ring (bicyclic) bond motifs is 1. The molecule has 100 valence electrons. The molecule has 1 unspecified atom stereocenters. The first-order chi connectivity index (χ1) is 9.29. The molecule has 0 saturated carbocycles. The highest BCUT2D eigenvalue weighted by Gasteiger charge is 2.30. The molecule has 3 nitrogen and oxygen atoms in total. The average molecular weight is 255 g/mol. The van der Waals surface area contributed by atoms with Crippen LogP contribution < -0.4 is 4.90 Å². The van der Waals surface area contributed by atoms with Gasteiger partial charge in [0.15, 0.2) is 0 Å². The van der Waals surface area contributed by atoms with Crippen molar-refractivity contribution < 1.29 is 0 Å². The second kappa shape index (κ2) is 5.22. The molecular weight excluding hydrogens is 234 g/mol. The van der Waals surface area contributed by atoms with Gasteiger partial charge in [-0.25, -0.2) is 0 Å². The Morgan fingerprint density at radius 3 is 2.95 bits per heavy atom. The molecule has 0 spiro atoms. The number of piperazine rings is 1. The maximum absolute atomic E-state index is 9.32. The molecule has 2 aliphatic rings. The minimum Gasteiger partial charge on any atom is -0.367 e. The predicted molar refractivity (Wildman–Crippen MR) is 77.3 cm³/mol. The average Bonchev–Trinajstić information content (AvgIpc) is 2.46. The lowest BCUT2D eigenvalue weighted by atomic mass is 9.98. The normalized spacial score (nSPS) is 23.8. The van der Waals surface area contributed by atoms with Crippen LogP contribution in [-0.4, -0.2) is 37.1 Å². The summed E-state index contributed by atoms with van der Waals surface area (Å²) in [5.41, 5.74) is 3.21. The molecule has 2 saturated heterocycles. The molecule has 0 bridgehead atoms. The maximum atomic E-state index is 9.32. The van der Waals surface area contributed by atoms with Gasteiger partial charge in [-0.3, -0.25) is 4.90 Å². The molecule has 3 rings (SSSR count). The summed E-state index contributed by atoms with van der Waals surface area (Å²) >= 11 is 0. The topological polar surface area (TPSA) is 30.3 Å². The molecule has 0 aromatic heterocycles. The molecule has 1 atom stereocenters. The molecule has 3 heteroatoms. The number of nitriles is 1. The second-order valence-corrected chi connectivity index (χ2v) is 5.71. The second-order valence-electron chi connectivity index (χ2n) is 5.71. The smallest absolute Gasteiger partial charge is 0.101 e. The van der Waals surface area contributed by atoms with Gasteiger partial charge in [0.2, 0.25) is 0 Å². The first-order valence-electron chi connectivity index (χ1n) is 7.28. The fourth-order valence-corrected chi connectivity index (χ4v) is 3.53. The third kappa shape index (κ3) is 2.33. The van der Waals surface area contributed by atoms with Crippen LogP contribution >= 0.6 is 0 Å². The molecule has 19 heavy (non-hydrogen) atoms. The third-order valence-electron chi connectivity index (χ3n) is 4.51. The predicted octanol–water partition coefficient (Wildman–Crippen LogP) is 2.54. The highest BCUT2D eigenvalue weighted by molar-refractivity contribution is 5.64. The quantitative estimate of drug-likeness (QED) is 0.772. The van der Waals surface area contributed by atoms with Gasteiger partial charge in [0.05, 0.1) is 11.3 Å². The van der Waals surface area contributed by atoms with Crippen LogP contribution in [0.3, 0.4) is 0 Å². The van der Waals surface area contributed by atoms with E-state index in [0.29, 0.717) is 6.04 Å². The van der Waals surface area contributed by atoms with Gasteiger partial charge in [0, 0.05) is 25.7 Å². The Bertz CT molecular complexity index is 503. The molecule has 2 aliphatic heterocycles. The van der Waals surface area contributed by atoms with Gasteiger partial charge in [-0.05, 0) is 37.9 Å². The maximum Gasteiger partial charge on any atom is 0.101 e. The van der Waals surface area contributed by atoms with Crippen LogP contribution in [0.5, 0.6) is 0 Å². The van der Waals surface area contributed by atoms with E-state index in [1.54, 1.807) is 0 Å². The molecule has 0 N–H and O–H groups in total. The summed E-state index contributed by atoms with van der Waals surface area (Å²) in [6.45, 7) is 6.65. The van der Waals surface area contributed by atoms with E-state index in [1.807, 2.05) is 12.1 Å². The Labute approximate surface area is 115 Å². The molecule has 2 heterocycles. The van der Waals surface area contributed by atoms with Crippen molar-refractivity contribution in [2.24, 2.45) is 0 Å². The summed E-state index contributed by atoms with van der Waals surface area (Å²) < 4.78 is 0. The summed E-state index contributed by atoms with van der Waals surface area (Å²) in [7, 11) is 0. The molecule has 1 aromatic carbocycles. The fourth-order valence-electron chi connectivity index (χ4n) is 3.53. The lowest BCUT2D eigenvalue weighted by Crippen LogP contribution is -2.55. The third-order valence-corrected chi connectivity index (χ3v) is 4.51. The highest BCUT2D eigenvalue weighted by Crippen LogP contribution is 2.29. The number of aryl methyl sites for hydroxylation is 1. The van der Waals surface area contributed by atoms with Crippen LogP contribution in [0.15, 0.2) is 18.2 Å². The molecular formula is C16H21N3. The van der Waals surface area contributed by atoms with Crippen molar-refractivity contribution >= 4 is 5.69 Å². The van der Waals surface area contributed by atoms with E-state index in [9.17, 15) is 5.26 Å². The lowest BCUT2D eigenvalue weighted by Gasteiger charge is -2.45. The summed E-state index contributed by atoms with van der Waals surface area (Å²) in [5, 5.41) is 9.32. The largest absolute Gasteiger partial charge is 0.367 e. The van der Waals surface area contributed by atoms with Crippen molar-refractivity contribution in [3.63, 3.8) is 0 Å². The summed E-state index contributed by atoms with van der Waals surface area (Å²) in [4.78, 5) is 5.06. The molecule has 0 radical (unpaired) electrons. The Balaban J connectivity index is 1.86. The zero-order valence-corrected chi connectivity index (χ0v) is 11.6. The zero-order valence-electron chi connectivity index (χ0n) is 11.6. The van der Waals surface area contributed by atoms with Crippen LogP contribution in [0.4, 0.5) is 5.69 Å². The van der Waals surface area contributed by atoms with Gasteiger partial charge < -0.3 is 4.90 Å². The highest BCUT2D eigenvalue weighted by atomic mass is 15.3. The first kappa shape index (κ1) is 12.5. The Kier molecular flexibility index (Phi) is 3.44. The van der Waals surface area contributed by atoms with E-state index >= 15 is 0 Å². The van der Waals surface area contributed by atoms with Gasteiger partial charge in [0.1, 0.15) is 6.07 Å². The van der Waals surface area contributed by atoms with Crippen LogP contribution in [0.25, 0.3) is 0 Å². The molecule has 2 fully saturated rings. The summed E-state index contributed by atoms with van der Waals surface area (Å²) in [6, 6.07) is 9.07. The Morgan fingerprint density at radius 1 is 1.21 bits per heavy atom. The Morgan fingerprint density at radius 2 is 2.11 bits per heavy atom. The standard InChI is InChI=1S/C16H21N3/c1-13-5-4-6-14(11-17)16(13)19-10-9-18-8-3-2-7-15(18)12-19/h4-6,15H,2-3,7-10,12H2,1H3. The van der Waals surface area contributed by atoms with E-state index < -0.39 is 0 Å². The van der Waals surface area contributed by atoms with Crippen molar-refractivity contribution in [1.82, 2.24) is 4.90 Å². The number of piperidine rings is 1. The first-order valence-corrected chi connectivity index (χ1v) is 7.28. The number of benzene rings is 1. The summed E-state index contributed by atoms with van der Waals surface area (Å²) in [6.07, 6.45) is 4.02. The van der Waals surface area contributed by atoms with E-state index in [1.165, 1.54) is 31.4 Å². The van der Waals surface area contributed by atoms with Gasteiger partial charge >= 0.3 is 0 Å². The van der Waals surface area contributed by atoms with Crippen molar-refractivity contribution in [3.8, 4) is 6.07 Å². The van der Waals surface area contributed by atoms with Crippen molar-refractivity contribution in [2.45, 2.75) is 32.2 Å². The van der Waals surface area contributed by atoms with Crippen molar-refractivity contribution in [2.75, 3.05) is 31.1 Å². The van der Waals surface area contributed by atoms with Gasteiger partial charge in [0.25, 0.3) is 0 Å². The van der Waals surface area contributed by atoms with Crippen LogP contribution in [0.2, 0.25) is 0 Å². The fraction of sp³-hybridized carbons (Fsp3) is 0.562. The van der Waals surface area contributed by atoms with Gasteiger partial charge in [-0.2, -0.15) is 5.26 Å².